The van der Waals surface area contributed by atoms with Crippen LogP contribution in [-0.4, -0.2) is 23.5 Å². The molecule has 1 unspecified atom stereocenters. The molecular weight excluding hydrogens is 244 g/mol. The van der Waals surface area contributed by atoms with Crippen LogP contribution < -0.4 is 4.90 Å². The normalized spacial score (nSPS) is 19.0. The van der Waals surface area contributed by atoms with Gasteiger partial charge in [0.1, 0.15) is 6.07 Å². The number of carbonyl (C=O) groups excluding carboxylic acids is 1. The fourth-order valence-electron chi connectivity index (χ4n) is 2.38. The molecule has 1 saturated heterocycles. The average Bonchev–Trinajstić information content (AvgIpc) is 2.38. The highest BCUT2D eigenvalue weighted by Gasteiger charge is 2.29. The molecule has 0 saturated carbocycles. The Balaban J connectivity index is 2.14. The van der Waals surface area contributed by atoms with Gasteiger partial charge in [0.15, 0.2) is 0 Å². The number of rotatable bonds is 3. The number of carboxylic acids is 1. The molecule has 5 nitrogen and oxygen atoms in total. The minimum absolute atomic E-state index is 0.0273. The molecule has 1 N–H and O–H groups in total. The quantitative estimate of drug-likeness (QED) is 0.895. The molecule has 98 valence electrons. The molecule has 1 aliphatic rings. The van der Waals surface area contributed by atoms with E-state index in [4.69, 9.17) is 10.4 Å². The maximum Gasteiger partial charge on any atom is 0.303 e. The summed E-state index contributed by atoms with van der Waals surface area (Å²) in [4.78, 5) is 24.3. The molecule has 0 aromatic heterocycles. The Kier molecular flexibility index (Phi) is 3.81. The maximum absolute atomic E-state index is 12.1. The van der Waals surface area contributed by atoms with Gasteiger partial charge in [-0.2, -0.15) is 5.26 Å². The predicted octanol–water partition coefficient (Wildman–Crippen LogP) is 1.78. The summed E-state index contributed by atoms with van der Waals surface area (Å²) in [5.74, 6) is -1.08. The third kappa shape index (κ3) is 2.91. The van der Waals surface area contributed by atoms with E-state index in [0.29, 0.717) is 24.2 Å². The van der Waals surface area contributed by atoms with E-state index in [1.807, 2.05) is 0 Å². The summed E-state index contributed by atoms with van der Waals surface area (Å²) in [6.45, 7) is 0.468. The van der Waals surface area contributed by atoms with Gasteiger partial charge in [0.25, 0.3) is 0 Å². The van der Waals surface area contributed by atoms with Crippen molar-refractivity contribution in [3.8, 4) is 6.07 Å². The topological polar surface area (TPSA) is 81.4 Å². The summed E-state index contributed by atoms with van der Waals surface area (Å²) in [5, 5.41) is 17.8. The van der Waals surface area contributed by atoms with Gasteiger partial charge >= 0.3 is 5.97 Å². The van der Waals surface area contributed by atoms with Crippen molar-refractivity contribution in [3.05, 3.63) is 29.8 Å². The minimum Gasteiger partial charge on any atom is -0.481 e. The van der Waals surface area contributed by atoms with Crippen molar-refractivity contribution in [2.45, 2.75) is 19.3 Å². The first-order valence-electron chi connectivity index (χ1n) is 6.13. The van der Waals surface area contributed by atoms with E-state index in [-0.39, 0.29) is 24.7 Å². The van der Waals surface area contributed by atoms with Crippen molar-refractivity contribution >= 4 is 17.6 Å². The van der Waals surface area contributed by atoms with Gasteiger partial charge in [-0.3, -0.25) is 9.59 Å². The van der Waals surface area contributed by atoms with Crippen LogP contribution in [0.5, 0.6) is 0 Å². The van der Waals surface area contributed by atoms with Crippen LogP contribution in [0, 0.1) is 17.2 Å². The number of para-hydroxylation sites is 1. The molecule has 1 fully saturated rings. The molecule has 1 aliphatic heterocycles. The fourth-order valence-corrected chi connectivity index (χ4v) is 2.38. The van der Waals surface area contributed by atoms with Crippen molar-refractivity contribution in [2.24, 2.45) is 5.92 Å². The van der Waals surface area contributed by atoms with E-state index < -0.39 is 5.97 Å². The zero-order chi connectivity index (χ0) is 13.8. The van der Waals surface area contributed by atoms with Crippen LogP contribution in [0.3, 0.4) is 0 Å². The van der Waals surface area contributed by atoms with E-state index in [0.717, 1.165) is 0 Å². The van der Waals surface area contributed by atoms with Crippen molar-refractivity contribution in [3.63, 3.8) is 0 Å². The number of nitrogens with zero attached hydrogens (tertiary/aromatic N) is 2. The minimum atomic E-state index is -0.872. The summed E-state index contributed by atoms with van der Waals surface area (Å²) in [5.41, 5.74) is 1.08. The molecule has 1 heterocycles. The SMILES string of the molecule is N#Cc1ccccc1N1CCC(CC(=O)O)CC1=O. The second-order valence-corrected chi connectivity index (χ2v) is 4.63. The fraction of sp³-hybridized carbons (Fsp3) is 0.357. The highest BCUT2D eigenvalue weighted by atomic mass is 16.4. The summed E-state index contributed by atoms with van der Waals surface area (Å²) in [6, 6.07) is 9.02. The second-order valence-electron chi connectivity index (χ2n) is 4.63. The highest BCUT2D eigenvalue weighted by Crippen LogP contribution is 2.28. The lowest BCUT2D eigenvalue weighted by Crippen LogP contribution is -2.39. The Labute approximate surface area is 111 Å². The van der Waals surface area contributed by atoms with Gasteiger partial charge < -0.3 is 10.0 Å². The lowest BCUT2D eigenvalue weighted by Gasteiger charge is -2.31. The number of hydrogen-bond donors (Lipinski definition) is 1. The van der Waals surface area contributed by atoms with Crippen LogP contribution in [0.1, 0.15) is 24.8 Å². The number of anilines is 1. The van der Waals surface area contributed by atoms with Gasteiger partial charge in [0.05, 0.1) is 11.3 Å². The van der Waals surface area contributed by atoms with Crippen molar-refractivity contribution in [1.29, 1.82) is 5.26 Å². The molecular formula is C14H14N2O3. The molecule has 0 spiro atoms. The number of carboxylic acid groups (broad SMARTS) is 1. The molecule has 0 bridgehead atoms. The van der Waals surface area contributed by atoms with Crippen molar-refractivity contribution < 1.29 is 14.7 Å². The monoisotopic (exact) mass is 258 g/mol. The van der Waals surface area contributed by atoms with Crippen LogP contribution in [0.25, 0.3) is 0 Å². The van der Waals surface area contributed by atoms with Crippen LogP contribution in [0.4, 0.5) is 5.69 Å². The van der Waals surface area contributed by atoms with Crippen LogP contribution in [0.2, 0.25) is 0 Å². The Morgan fingerprint density at radius 1 is 1.47 bits per heavy atom. The largest absolute Gasteiger partial charge is 0.481 e. The molecule has 1 atom stereocenters. The van der Waals surface area contributed by atoms with E-state index in [2.05, 4.69) is 6.07 Å². The second kappa shape index (κ2) is 5.53. The summed E-state index contributed by atoms with van der Waals surface area (Å²) in [6.07, 6.45) is 0.906. The van der Waals surface area contributed by atoms with Crippen molar-refractivity contribution in [1.82, 2.24) is 0 Å². The zero-order valence-electron chi connectivity index (χ0n) is 10.4. The molecule has 5 heteroatoms. The number of benzene rings is 1. The van der Waals surface area contributed by atoms with E-state index in [1.54, 1.807) is 29.2 Å². The molecule has 2 rings (SSSR count). The summed E-state index contributed by atoms with van der Waals surface area (Å²) >= 11 is 0. The zero-order valence-corrected chi connectivity index (χ0v) is 10.4. The summed E-state index contributed by atoms with van der Waals surface area (Å²) < 4.78 is 0. The van der Waals surface area contributed by atoms with Crippen LogP contribution in [-0.2, 0) is 9.59 Å². The van der Waals surface area contributed by atoms with Gasteiger partial charge in [-0.25, -0.2) is 0 Å². The molecule has 19 heavy (non-hydrogen) atoms. The Hall–Kier alpha value is -2.35. The smallest absolute Gasteiger partial charge is 0.303 e. The Morgan fingerprint density at radius 3 is 2.84 bits per heavy atom. The number of hydrogen-bond acceptors (Lipinski definition) is 3. The molecule has 1 aromatic rings. The number of piperidine rings is 1. The highest BCUT2D eigenvalue weighted by molar-refractivity contribution is 5.95. The third-order valence-electron chi connectivity index (χ3n) is 3.30. The van der Waals surface area contributed by atoms with Gasteiger partial charge in [0.2, 0.25) is 5.91 Å². The van der Waals surface area contributed by atoms with Gasteiger partial charge in [0, 0.05) is 19.4 Å². The standard InChI is InChI=1S/C14H14N2O3/c15-9-11-3-1-2-4-12(11)16-6-5-10(7-13(16)17)8-14(18)19/h1-4,10H,5-8H2,(H,18,19). The van der Waals surface area contributed by atoms with Gasteiger partial charge in [-0.05, 0) is 24.5 Å². The molecule has 0 radical (unpaired) electrons. The van der Waals surface area contributed by atoms with Crippen molar-refractivity contribution in [2.75, 3.05) is 11.4 Å². The first-order chi connectivity index (χ1) is 9.11. The van der Waals surface area contributed by atoms with E-state index in [1.165, 1.54) is 0 Å². The number of amides is 1. The Bertz CT molecular complexity index is 548. The molecule has 1 aromatic carbocycles. The lowest BCUT2D eigenvalue weighted by atomic mass is 9.92. The van der Waals surface area contributed by atoms with Gasteiger partial charge in [-0.15, -0.1) is 0 Å². The third-order valence-corrected chi connectivity index (χ3v) is 3.30. The predicted molar refractivity (Wildman–Crippen MR) is 68.5 cm³/mol. The van der Waals surface area contributed by atoms with Gasteiger partial charge in [-0.1, -0.05) is 12.1 Å². The number of nitriles is 1. The molecule has 1 amide bonds. The number of aliphatic carboxylic acids is 1. The molecule has 0 aliphatic carbocycles. The van der Waals surface area contributed by atoms with E-state index >= 15 is 0 Å². The Morgan fingerprint density at radius 2 is 2.21 bits per heavy atom. The van der Waals surface area contributed by atoms with Crippen LogP contribution >= 0.6 is 0 Å². The first kappa shape index (κ1) is 13.1. The maximum atomic E-state index is 12.1. The van der Waals surface area contributed by atoms with Crippen LogP contribution in [0.15, 0.2) is 24.3 Å². The average molecular weight is 258 g/mol. The lowest BCUT2D eigenvalue weighted by molar-refractivity contribution is -0.138. The summed E-state index contributed by atoms with van der Waals surface area (Å²) in [7, 11) is 0. The van der Waals surface area contributed by atoms with E-state index in [9.17, 15) is 9.59 Å². The number of carbonyl (C=O) groups is 2. The first-order valence-corrected chi connectivity index (χ1v) is 6.13.